The lowest BCUT2D eigenvalue weighted by atomic mass is 10.0. The number of ether oxygens (including phenoxy) is 1. The number of methoxy groups -OCH3 is 1. The second-order valence-corrected chi connectivity index (χ2v) is 8.75. The van der Waals surface area contributed by atoms with Crippen LogP contribution in [0.5, 0.6) is 5.75 Å². The monoisotopic (exact) mass is 402 g/mol. The lowest BCUT2D eigenvalue weighted by molar-refractivity contribution is -0.131. The van der Waals surface area contributed by atoms with Gasteiger partial charge in [-0.3, -0.25) is 4.79 Å². The molecule has 1 amide bonds. The molecule has 6 nitrogen and oxygen atoms in total. The number of hydrogen-bond donors (Lipinski definition) is 1. The van der Waals surface area contributed by atoms with Gasteiger partial charge in [0, 0.05) is 19.5 Å². The van der Waals surface area contributed by atoms with Crippen LogP contribution in [0.2, 0.25) is 0 Å². The van der Waals surface area contributed by atoms with Crippen LogP contribution in [0.15, 0.2) is 53.4 Å². The van der Waals surface area contributed by atoms with Crippen LogP contribution < -0.4 is 9.46 Å². The molecule has 1 fully saturated rings. The molecule has 1 saturated heterocycles. The van der Waals surface area contributed by atoms with E-state index in [-0.39, 0.29) is 29.8 Å². The summed E-state index contributed by atoms with van der Waals surface area (Å²) in [6, 6.07) is 14.4. The summed E-state index contributed by atoms with van der Waals surface area (Å²) in [5, 5.41) is 0. The first-order valence-corrected chi connectivity index (χ1v) is 10.9. The molecule has 28 heavy (non-hydrogen) atoms. The normalized spacial score (nSPS) is 16.9. The molecule has 1 heterocycles. The van der Waals surface area contributed by atoms with Gasteiger partial charge in [-0.2, -0.15) is 0 Å². The zero-order valence-electron chi connectivity index (χ0n) is 16.2. The molecule has 1 N–H and O–H groups in total. The fraction of sp³-hybridized carbons (Fsp3) is 0.381. The van der Waals surface area contributed by atoms with Gasteiger partial charge in [-0.15, -0.1) is 0 Å². The van der Waals surface area contributed by atoms with Gasteiger partial charge in [-0.25, -0.2) is 13.1 Å². The summed E-state index contributed by atoms with van der Waals surface area (Å²) in [6.45, 7) is 2.68. The number of hydrogen-bond acceptors (Lipinski definition) is 4. The third kappa shape index (κ3) is 4.72. The molecule has 0 spiro atoms. The van der Waals surface area contributed by atoms with E-state index in [4.69, 9.17) is 4.74 Å². The van der Waals surface area contributed by atoms with E-state index in [2.05, 4.69) is 4.72 Å². The number of rotatable bonds is 7. The molecule has 0 bridgehead atoms. The van der Waals surface area contributed by atoms with E-state index >= 15 is 0 Å². The molecule has 0 aliphatic carbocycles. The number of carbonyl (C=O) groups excluding carboxylic acids is 1. The van der Waals surface area contributed by atoms with E-state index in [0.717, 1.165) is 29.7 Å². The largest absolute Gasteiger partial charge is 0.497 e. The van der Waals surface area contributed by atoms with Crippen molar-refractivity contribution in [1.29, 1.82) is 0 Å². The van der Waals surface area contributed by atoms with E-state index in [0.29, 0.717) is 6.54 Å². The lowest BCUT2D eigenvalue weighted by Gasteiger charge is -2.25. The first-order valence-electron chi connectivity index (χ1n) is 9.40. The first kappa shape index (κ1) is 20.4. The van der Waals surface area contributed by atoms with Crippen LogP contribution in [0.25, 0.3) is 0 Å². The molecular weight excluding hydrogens is 376 g/mol. The van der Waals surface area contributed by atoms with E-state index in [9.17, 15) is 13.2 Å². The fourth-order valence-electron chi connectivity index (χ4n) is 3.47. The molecule has 1 unspecified atom stereocenters. The average Bonchev–Trinajstić information content (AvgIpc) is 3.18. The van der Waals surface area contributed by atoms with Crippen LogP contribution in [-0.4, -0.2) is 39.4 Å². The number of nitrogens with zero attached hydrogens (tertiary/aromatic N) is 1. The van der Waals surface area contributed by atoms with Crippen LogP contribution >= 0.6 is 0 Å². The Morgan fingerprint density at radius 1 is 1.14 bits per heavy atom. The molecule has 2 aromatic rings. The highest BCUT2D eigenvalue weighted by molar-refractivity contribution is 7.89. The fourth-order valence-corrected chi connectivity index (χ4v) is 4.51. The van der Waals surface area contributed by atoms with Gasteiger partial charge < -0.3 is 9.64 Å². The van der Waals surface area contributed by atoms with Crippen molar-refractivity contribution < 1.29 is 17.9 Å². The van der Waals surface area contributed by atoms with Gasteiger partial charge in [-0.1, -0.05) is 29.8 Å². The van der Waals surface area contributed by atoms with Crippen molar-refractivity contribution in [2.45, 2.75) is 37.1 Å². The quantitative estimate of drug-likeness (QED) is 0.772. The average molecular weight is 403 g/mol. The van der Waals surface area contributed by atoms with Crippen molar-refractivity contribution >= 4 is 15.9 Å². The summed E-state index contributed by atoms with van der Waals surface area (Å²) in [4.78, 5) is 14.7. The molecule has 0 saturated carbocycles. The topological polar surface area (TPSA) is 75.7 Å². The summed E-state index contributed by atoms with van der Waals surface area (Å²) in [5.74, 6) is 0.745. The molecule has 2 aromatic carbocycles. The summed E-state index contributed by atoms with van der Waals surface area (Å²) in [6.07, 6.45) is 1.99. The van der Waals surface area contributed by atoms with Crippen LogP contribution in [-0.2, 0) is 14.8 Å². The van der Waals surface area contributed by atoms with Gasteiger partial charge in [0.2, 0.25) is 15.9 Å². The molecule has 0 radical (unpaired) electrons. The number of carbonyl (C=O) groups is 1. The summed E-state index contributed by atoms with van der Waals surface area (Å²) < 4.78 is 32.4. The standard InChI is InChI=1S/C21H26N2O4S/c1-16-5-11-19(12-6-16)28(25,26)22-14-13-21(24)23-15-3-4-20(23)17-7-9-18(27-2)10-8-17/h5-12,20,22H,3-4,13-15H2,1-2H3. The highest BCUT2D eigenvalue weighted by Crippen LogP contribution is 2.33. The minimum atomic E-state index is -3.60. The van der Waals surface area contributed by atoms with Gasteiger partial charge in [0.05, 0.1) is 18.0 Å². The molecule has 1 aliphatic heterocycles. The van der Waals surface area contributed by atoms with Crippen LogP contribution in [0.3, 0.4) is 0 Å². The number of aryl methyl sites for hydroxylation is 1. The zero-order chi connectivity index (χ0) is 20.1. The second-order valence-electron chi connectivity index (χ2n) is 6.98. The maximum Gasteiger partial charge on any atom is 0.240 e. The number of nitrogens with one attached hydrogen (secondary N) is 1. The van der Waals surface area contributed by atoms with Crippen molar-refractivity contribution in [3.05, 3.63) is 59.7 Å². The van der Waals surface area contributed by atoms with Crippen LogP contribution in [0.1, 0.15) is 36.4 Å². The Labute approximate surface area is 166 Å². The summed E-state index contributed by atoms with van der Waals surface area (Å²) in [7, 11) is -1.98. The SMILES string of the molecule is COc1ccc(C2CCCN2C(=O)CCNS(=O)(=O)c2ccc(C)cc2)cc1. The van der Waals surface area contributed by atoms with Crippen molar-refractivity contribution in [2.24, 2.45) is 0 Å². The number of sulfonamides is 1. The highest BCUT2D eigenvalue weighted by Gasteiger charge is 2.29. The minimum Gasteiger partial charge on any atom is -0.497 e. The number of likely N-dealkylation sites (tertiary alicyclic amines) is 1. The predicted molar refractivity (Wildman–Crippen MR) is 108 cm³/mol. The van der Waals surface area contributed by atoms with Crippen LogP contribution in [0, 0.1) is 6.92 Å². The third-order valence-corrected chi connectivity index (χ3v) is 6.51. The van der Waals surface area contributed by atoms with E-state index in [1.807, 2.05) is 36.1 Å². The summed E-state index contributed by atoms with van der Waals surface area (Å²) >= 11 is 0. The molecule has 7 heteroatoms. The Bertz CT molecular complexity index is 908. The molecule has 3 rings (SSSR count). The van der Waals surface area contributed by atoms with Crippen molar-refractivity contribution in [3.63, 3.8) is 0 Å². The van der Waals surface area contributed by atoms with Gasteiger partial charge in [0.1, 0.15) is 5.75 Å². The Hall–Kier alpha value is -2.38. The Morgan fingerprint density at radius 3 is 2.46 bits per heavy atom. The molecule has 1 atom stereocenters. The van der Waals surface area contributed by atoms with E-state index in [1.54, 1.807) is 31.4 Å². The van der Waals surface area contributed by atoms with E-state index in [1.165, 1.54) is 0 Å². The maximum absolute atomic E-state index is 12.7. The molecule has 1 aliphatic rings. The molecule has 150 valence electrons. The van der Waals surface area contributed by atoms with Crippen molar-refractivity contribution in [1.82, 2.24) is 9.62 Å². The van der Waals surface area contributed by atoms with Gasteiger partial charge in [0.15, 0.2) is 0 Å². The van der Waals surface area contributed by atoms with Crippen molar-refractivity contribution in [2.75, 3.05) is 20.2 Å². The summed E-state index contributed by atoms with van der Waals surface area (Å²) in [5.41, 5.74) is 2.07. The Kier molecular flexibility index (Phi) is 6.36. The van der Waals surface area contributed by atoms with Gasteiger partial charge in [0.25, 0.3) is 0 Å². The first-order chi connectivity index (χ1) is 13.4. The van der Waals surface area contributed by atoms with Gasteiger partial charge in [-0.05, 0) is 49.6 Å². The highest BCUT2D eigenvalue weighted by atomic mass is 32.2. The van der Waals surface area contributed by atoms with Crippen molar-refractivity contribution in [3.8, 4) is 5.75 Å². The van der Waals surface area contributed by atoms with Crippen LogP contribution in [0.4, 0.5) is 0 Å². The number of benzene rings is 2. The second kappa shape index (κ2) is 8.75. The Morgan fingerprint density at radius 2 is 1.82 bits per heavy atom. The zero-order valence-corrected chi connectivity index (χ0v) is 17.0. The molecular formula is C21H26N2O4S. The van der Waals surface area contributed by atoms with E-state index < -0.39 is 10.0 Å². The maximum atomic E-state index is 12.7. The smallest absolute Gasteiger partial charge is 0.240 e. The lowest BCUT2D eigenvalue weighted by Crippen LogP contribution is -2.34. The van der Waals surface area contributed by atoms with Gasteiger partial charge >= 0.3 is 0 Å². The Balaban J connectivity index is 1.58. The number of amides is 1. The third-order valence-electron chi connectivity index (χ3n) is 5.04. The minimum absolute atomic E-state index is 0.0344. The predicted octanol–water partition coefficient (Wildman–Crippen LogP) is 3.04. The molecule has 0 aromatic heterocycles.